The van der Waals surface area contributed by atoms with Crippen molar-refractivity contribution in [2.75, 3.05) is 5.32 Å². The number of carbonyl (C=O) groups excluding carboxylic acids is 1. The largest absolute Gasteiger partial charge is 0.481 e. The van der Waals surface area contributed by atoms with Crippen molar-refractivity contribution in [2.24, 2.45) is 0 Å². The molecule has 0 bridgehead atoms. The van der Waals surface area contributed by atoms with Crippen LogP contribution in [0.25, 0.3) is 12.2 Å². The Morgan fingerprint density at radius 2 is 1.83 bits per heavy atom. The van der Waals surface area contributed by atoms with E-state index in [1.165, 1.54) is 0 Å². The molecule has 2 N–H and O–H groups in total. The molecule has 0 unspecified atom stereocenters. The number of amides is 1. The lowest BCUT2D eigenvalue weighted by molar-refractivity contribution is -0.138. The van der Waals surface area contributed by atoms with Crippen LogP contribution in [0, 0.1) is 6.92 Å². The molecular formula is C18H18N2O3. The zero-order valence-electron chi connectivity index (χ0n) is 12.8. The summed E-state index contributed by atoms with van der Waals surface area (Å²) < 4.78 is 0. The van der Waals surface area contributed by atoms with Gasteiger partial charge in [-0.15, -0.1) is 0 Å². The predicted molar refractivity (Wildman–Crippen MR) is 89.8 cm³/mol. The topological polar surface area (TPSA) is 79.3 Å². The van der Waals surface area contributed by atoms with Crippen LogP contribution in [0.15, 0.2) is 42.5 Å². The number of aromatic nitrogens is 1. The van der Waals surface area contributed by atoms with Gasteiger partial charge >= 0.3 is 5.97 Å². The van der Waals surface area contributed by atoms with E-state index in [-0.39, 0.29) is 18.7 Å². The standard InChI is InChI=1S/C18H18N2O3/c1-13-3-2-4-15(19-13)8-5-14-6-9-16(10-7-14)20-17(21)11-12-18(22)23/h2-10H,11-12H2,1H3,(H,20,21)(H,22,23). The maximum absolute atomic E-state index is 11.5. The molecule has 23 heavy (non-hydrogen) atoms. The molecule has 0 aliphatic rings. The first kappa shape index (κ1) is 16.4. The number of hydrogen-bond donors (Lipinski definition) is 2. The van der Waals surface area contributed by atoms with Crippen LogP contribution in [0.5, 0.6) is 0 Å². The Morgan fingerprint density at radius 3 is 2.48 bits per heavy atom. The molecule has 0 saturated heterocycles. The average molecular weight is 310 g/mol. The fourth-order valence-corrected chi connectivity index (χ4v) is 1.96. The summed E-state index contributed by atoms with van der Waals surface area (Å²) in [5.41, 5.74) is 3.48. The van der Waals surface area contributed by atoms with Crippen LogP contribution in [0.3, 0.4) is 0 Å². The van der Waals surface area contributed by atoms with Crippen molar-refractivity contribution in [3.05, 3.63) is 59.4 Å². The molecule has 1 aromatic carbocycles. The lowest BCUT2D eigenvalue weighted by Crippen LogP contribution is -2.13. The van der Waals surface area contributed by atoms with Crippen LogP contribution in [0.4, 0.5) is 5.69 Å². The molecule has 1 amide bonds. The molecule has 0 fully saturated rings. The number of pyridine rings is 1. The first-order valence-corrected chi connectivity index (χ1v) is 7.26. The maximum Gasteiger partial charge on any atom is 0.303 e. The van der Waals surface area contributed by atoms with Crippen LogP contribution < -0.4 is 5.32 Å². The second kappa shape index (κ2) is 7.89. The SMILES string of the molecule is Cc1cccc(C=Cc2ccc(NC(=O)CCC(=O)O)cc2)n1. The second-order valence-electron chi connectivity index (χ2n) is 5.10. The van der Waals surface area contributed by atoms with Gasteiger partial charge in [-0.1, -0.05) is 24.3 Å². The van der Waals surface area contributed by atoms with Gasteiger partial charge in [0.2, 0.25) is 5.91 Å². The van der Waals surface area contributed by atoms with Crippen molar-refractivity contribution in [1.29, 1.82) is 0 Å². The highest BCUT2D eigenvalue weighted by Crippen LogP contribution is 2.13. The Bertz CT molecular complexity index is 721. The lowest BCUT2D eigenvalue weighted by atomic mass is 10.1. The summed E-state index contributed by atoms with van der Waals surface area (Å²) >= 11 is 0. The number of carbonyl (C=O) groups is 2. The Hall–Kier alpha value is -2.95. The predicted octanol–water partition coefficient (Wildman–Crippen LogP) is 3.36. The number of benzene rings is 1. The molecule has 5 nitrogen and oxygen atoms in total. The molecule has 1 heterocycles. The zero-order valence-corrected chi connectivity index (χ0v) is 12.8. The highest BCUT2D eigenvalue weighted by Gasteiger charge is 2.05. The number of aliphatic carboxylic acids is 1. The minimum absolute atomic E-state index is 0.0317. The highest BCUT2D eigenvalue weighted by atomic mass is 16.4. The molecule has 118 valence electrons. The molecule has 0 saturated carbocycles. The van der Waals surface area contributed by atoms with Crippen LogP contribution in [-0.4, -0.2) is 22.0 Å². The van der Waals surface area contributed by atoms with E-state index < -0.39 is 5.97 Å². The van der Waals surface area contributed by atoms with E-state index in [1.54, 1.807) is 12.1 Å². The summed E-state index contributed by atoms with van der Waals surface area (Å²) in [5, 5.41) is 11.2. The van der Waals surface area contributed by atoms with E-state index in [4.69, 9.17) is 5.11 Å². The molecule has 5 heteroatoms. The smallest absolute Gasteiger partial charge is 0.303 e. The number of carboxylic acids is 1. The summed E-state index contributed by atoms with van der Waals surface area (Å²) in [6.07, 6.45) is 3.66. The first-order valence-electron chi connectivity index (χ1n) is 7.26. The van der Waals surface area contributed by atoms with Crippen LogP contribution in [-0.2, 0) is 9.59 Å². The minimum atomic E-state index is -0.981. The van der Waals surface area contributed by atoms with Gasteiger partial charge in [-0.05, 0) is 42.8 Å². The van der Waals surface area contributed by atoms with E-state index >= 15 is 0 Å². The normalized spacial score (nSPS) is 10.7. The van der Waals surface area contributed by atoms with Crippen molar-refractivity contribution in [3.63, 3.8) is 0 Å². The summed E-state index contributed by atoms with van der Waals surface area (Å²) in [6, 6.07) is 13.1. The summed E-state index contributed by atoms with van der Waals surface area (Å²) in [7, 11) is 0. The number of carboxylic acid groups (broad SMARTS) is 1. The fourth-order valence-electron chi connectivity index (χ4n) is 1.96. The van der Waals surface area contributed by atoms with Gasteiger partial charge in [0.25, 0.3) is 0 Å². The van der Waals surface area contributed by atoms with Gasteiger partial charge in [0.15, 0.2) is 0 Å². The van der Waals surface area contributed by atoms with Gasteiger partial charge in [-0.2, -0.15) is 0 Å². The number of hydrogen-bond acceptors (Lipinski definition) is 3. The molecule has 2 aromatic rings. The molecule has 0 aliphatic carbocycles. The maximum atomic E-state index is 11.5. The summed E-state index contributed by atoms with van der Waals surface area (Å²) in [4.78, 5) is 26.4. The van der Waals surface area contributed by atoms with Crippen molar-refractivity contribution >= 4 is 29.7 Å². The van der Waals surface area contributed by atoms with Crippen LogP contribution in [0.1, 0.15) is 29.8 Å². The summed E-state index contributed by atoms with van der Waals surface area (Å²) in [6.45, 7) is 1.94. The third-order valence-electron chi connectivity index (χ3n) is 3.12. The van der Waals surface area contributed by atoms with E-state index in [2.05, 4.69) is 10.3 Å². The van der Waals surface area contributed by atoms with Crippen molar-refractivity contribution in [2.45, 2.75) is 19.8 Å². The van der Waals surface area contributed by atoms with Gasteiger partial charge in [-0.25, -0.2) is 0 Å². The van der Waals surface area contributed by atoms with Crippen LogP contribution >= 0.6 is 0 Å². The van der Waals surface area contributed by atoms with E-state index in [0.717, 1.165) is 17.0 Å². The lowest BCUT2D eigenvalue weighted by Gasteiger charge is -2.04. The molecule has 2 rings (SSSR count). The number of aryl methyl sites for hydroxylation is 1. The Balaban J connectivity index is 1.94. The van der Waals surface area contributed by atoms with Gasteiger partial charge < -0.3 is 10.4 Å². The summed E-state index contributed by atoms with van der Waals surface area (Å²) in [5.74, 6) is -1.29. The molecule has 0 radical (unpaired) electrons. The quantitative estimate of drug-likeness (QED) is 0.857. The number of nitrogens with one attached hydrogen (secondary N) is 1. The first-order chi connectivity index (χ1) is 11.0. The monoisotopic (exact) mass is 310 g/mol. The molecule has 0 spiro atoms. The highest BCUT2D eigenvalue weighted by molar-refractivity contribution is 5.92. The van der Waals surface area contributed by atoms with Crippen molar-refractivity contribution in [1.82, 2.24) is 4.98 Å². The van der Waals surface area contributed by atoms with Crippen LogP contribution in [0.2, 0.25) is 0 Å². The number of nitrogens with zero attached hydrogens (tertiary/aromatic N) is 1. The molecule has 0 aliphatic heterocycles. The van der Waals surface area contributed by atoms with E-state index in [9.17, 15) is 9.59 Å². The van der Waals surface area contributed by atoms with Gasteiger partial charge in [-0.3, -0.25) is 14.6 Å². The molecule has 0 atom stereocenters. The molecular weight excluding hydrogens is 292 g/mol. The number of rotatable bonds is 6. The van der Waals surface area contributed by atoms with E-state index in [1.807, 2.05) is 49.4 Å². The molecule has 1 aromatic heterocycles. The van der Waals surface area contributed by atoms with Gasteiger partial charge in [0.1, 0.15) is 0 Å². The Morgan fingerprint density at radius 1 is 1.09 bits per heavy atom. The van der Waals surface area contributed by atoms with Crippen molar-refractivity contribution < 1.29 is 14.7 Å². The zero-order chi connectivity index (χ0) is 16.7. The van der Waals surface area contributed by atoms with Gasteiger partial charge in [0.05, 0.1) is 12.1 Å². The number of anilines is 1. The average Bonchev–Trinajstić information content (AvgIpc) is 2.52. The second-order valence-corrected chi connectivity index (χ2v) is 5.10. The van der Waals surface area contributed by atoms with E-state index in [0.29, 0.717) is 5.69 Å². The third-order valence-corrected chi connectivity index (χ3v) is 3.12. The minimum Gasteiger partial charge on any atom is -0.481 e. The Kier molecular flexibility index (Phi) is 5.63. The Labute approximate surface area is 134 Å². The third kappa shape index (κ3) is 5.74. The fraction of sp³-hybridized carbons (Fsp3) is 0.167. The van der Waals surface area contributed by atoms with Gasteiger partial charge in [0, 0.05) is 17.8 Å². The van der Waals surface area contributed by atoms with Crippen molar-refractivity contribution in [3.8, 4) is 0 Å².